The molecule has 1 atom stereocenters. The first-order chi connectivity index (χ1) is 8.54. The van der Waals surface area contributed by atoms with Gasteiger partial charge in [0.15, 0.2) is 5.03 Å². The highest BCUT2D eigenvalue weighted by Crippen LogP contribution is 2.53. The fourth-order valence-corrected chi connectivity index (χ4v) is 4.33. The molecule has 0 aromatic carbocycles. The SMILES string of the molecule is Cn1nccc1S(=O)(=O)NC1CC12CCNCC2. The molecule has 1 aliphatic carbocycles. The number of aromatic nitrogens is 2. The quantitative estimate of drug-likeness (QED) is 0.800. The second kappa shape index (κ2) is 4.04. The van der Waals surface area contributed by atoms with Crippen LogP contribution >= 0.6 is 0 Å². The van der Waals surface area contributed by atoms with E-state index in [1.165, 1.54) is 16.9 Å². The van der Waals surface area contributed by atoms with Crippen LogP contribution in [0.3, 0.4) is 0 Å². The molecule has 6 nitrogen and oxygen atoms in total. The number of aryl methyl sites for hydroxylation is 1. The first kappa shape index (κ1) is 12.1. The summed E-state index contributed by atoms with van der Waals surface area (Å²) in [5.74, 6) is 0. The van der Waals surface area contributed by atoms with E-state index in [0.29, 0.717) is 0 Å². The summed E-state index contributed by atoms with van der Waals surface area (Å²) in [6.45, 7) is 1.98. The van der Waals surface area contributed by atoms with Crippen molar-refractivity contribution < 1.29 is 8.42 Å². The van der Waals surface area contributed by atoms with Gasteiger partial charge in [0, 0.05) is 13.1 Å². The van der Waals surface area contributed by atoms with Gasteiger partial charge in [-0.05, 0) is 43.8 Å². The standard InChI is InChI=1S/C11H18N4O2S/c1-15-10(2-5-13-15)18(16,17)14-9-8-11(9)3-6-12-7-4-11/h2,5,9,12,14H,3-4,6-8H2,1H3. The summed E-state index contributed by atoms with van der Waals surface area (Å²) in [6, 6.07) is 1.62. The summed E-state index contributed by atoms with van der Waals surface area (Å²) < 4.78 is 28.6. The number of nitrogens with zero attached hydrogens (tertiary/aromatic N) is 2. The number of piperidine rings is 1. The van der Waals surface area contributed by atoms with Gasteiger partial charge in [-0.3, -0.25) is 4.68 Å². The number of sulfonamides is 1. The highest BCUT2D eigenvalue weighted by Gasteiger charge is 2.55. The molecule has 18 heavy (non-hydrogen) atoms. The van der Waals surface area contributed by atoms with Crippen LogP contribution < -0.4 is 10.0 Å². The Kier molecular flexibility index (Phi) is 2.72. The van der Waals surface area contributed by atoms with Crippen LogP contribution in [-0.4, -0.2) is 37.3 Å². The lowest BCUT2D eigenvalue weighted by molar-refractivity contribution is 0.337. The highest BCUT2D eigenvalue weighted by atomic mass is 32.2. The fraction of sp³-hybridized carbons (Fsp3) is 0.727. The minimum Gasteiger partial charge on any atom is -0.317 e. The molecule has 2 fully saturated rings. The van der Waals surface area contributed by atoms with Gasteiger partial charge in [-0.15, -0.1) is 0 Å². The molecule has 1 saturated heterocycles. The average molecular weight is 270 g/mol. The molecule has 1 unspecified atom stereocenters. The molecule has 7 heteroatoms. The Balaban J connectivity index is 1.73. The third-order valence-corrected chi connectivity index (χ3v) is 5.68. The molecule has 0 amide bonds. The predicted molar refractivity (Wildman–Crippen MR) is 66.5 cm³/mol. The van der Waals surface area contributed by atoms with E-state index in [1.807, 2.05) is 0 Å². The van der Waals surface area contributed by atoms with Crippen molar-refractivity contribution in [3.8, 4) is 0 Å². The van der Waals surface area contributed by atoms with Gasteiger partial charge in [-0.25, -0.2) is 13.1 Å². The van der Waals surface area contributed by atoms with E-state index >= 15 is 0 Å². The van der Waals surface area contributed by atoms with Gasteiger partial charge in [0.1, 0.15) is 0 Å². The monoisotopic (exact) mass is 270 g/mol. The fourth-order valence-electron chi connectivity index (χ4n) is 2.86. The van der Waals surface area contributed by atoms with Crippen LogP contribution in [0, 0.1) is 5.41 Å². The Morgan fingerprint density at radius 2 is 2.22 bits per heavy atom. The molecule has 0 bridgehead atoms. The summed E-state index contributed by atoms with van der Waals surface area (Å²) in [6.07, 6.45) is 4.59. The first-order valence-electron chi connectivity index (χ1n) is 6.25. The lowest BCUT2D eigenvalue weighted by Crippen LogP contribution is -2.36. The van der Waals surface area contributed by atoms with Crippen LogP contribution in [0.25, 0.3) is 0 Å². The Morgan fingerprint density at radius 1 is 1.50 bits per heavy atom. The first-order valence-corrected chi connectivity index (χ1v) is 7.73. The molecule has 1 aromatic rings. The van der Waals surface area contributed by atoms with E-state index in [2.05, 4.69) is 15.1 Å². The average Bonchev–Trinajstić information content (AvgIpc) is 2.75. The third kappa shape index (κ3) is 1.96. The minimum absolute atomic E-state index is 0.0968. The zero-order valence-electron chi connectivity index (χ0n) is 10.4. The molecular weight excluding hydrogens is 252 g/mol. The van der Waals surface area contributed by atoms with E-state index in [1.54, 1.807) is 7.05 Å². The molecule has 3 rings (SSSR count). The maximum Gasteiger partial charge on any atom is 0.257 e. The van der Waals surface area contributed by atoms with Crippen molar-refractivity contribution >= 4 is 10.0 Å². The van der Waals surface area contributed by atoms with E-state index in [0.717, 1.165) is 32.4 Å². The molecular formula is C11H18N4O2S. The van der Waals surface area contributed by atoms with Crippen molar-refractivity contribution in [2.45, 2.75) is 30.3 Å². The van der Waals surface area contributed by atoms with Crippen LogP contribution in [0.5, 0.6) is 0 Å². The maximum atomic E-state index is 12.2. The third-order valence-electron chi connectivity index (χ3n) is 4.14. The number of nitrogens with one attached hydrogen (secondary N) is 2. The summed E-state index contributed by atoms with van der Waals surface area (Å²) >= 11 is 0. The molecule has 1 saturated carbocycles. The van der Waals surface area contributed by atoms with Crippen LogP contribution in [-0.2, 0) is 17.1 Å². The smallest absolute Gasteiger partial charge is 0.257 e. The normalized spacial score (nSPS) is 26.4. The number of hydrogen-bond acceptors (Lipinski definition) is 4. The van der Waals surface area contributed by atoms with Crippen LogP contribution in [0.1, 0.15) is 19.3 Å². The molecule has 2 aliphatic rings. The second-order valence-electron chi connectivity index (χ2n) is 5.28. The van der Waals surface area contributed by atoms with Gasteiger partial charge in [-0.1, -0.05) is 0 Å². The van der Waals surface area contributed by atoms with Gasteiger partial charge < -0.3 is 5.32 Å². The second-order valence-corrected chi connectivity index (χ2v) is 6.94. The number of hydrogen-bond donors (Lipinski definition) is 2. The Morgan fingerprint density at radius 3 is 2.83 bits per heavy atom. The van der Waals surface area contributed by atoms with Crippen molar-refractivity contribution in [1.82, 2.24) is 19.8 Å². The zero-order chi connectivity index (χ0) is 12.8. The van der Waals surface area contributed by atoms with Crippen molar-refractivity contribution in [1.29, 1.82) is 0 Å². The van der Waals surface area contributed by atoms with Crippen LogP contribution in [0.2, 0.25) is 0 Å². The van der Waals surface area contributed by atoms with E-state index in [-0.39, 0.29) is 16.5 Å². The lowest BCUT2D eigenvalue weighted by atomic mass is 9.94. The summed E-state index contributed by atoms with van der Waals surface area (Å²) in [7, 11) is -1.79. The molecule has 100 valence electrons. The summed E-state index contributed by atoms with van der Waals surface area (Å²) in [5, 5.41) is 7.45. The van der Waals surface area contributed by atoms with Crippen LogP contribution in [0.15, 0.2) is 17.3 Å². The maximum absolute atomic E-state index is 12.2. The minimum atomic E-state index is -3.43. The predicted octanol–water partition coefficient (Wildman–Crippen LogP) is -0.159. The topological polar surface area (TPSA) is 76.0 Å². The highest BCUT2D eigenvalue weighted by molar-refractivity contribution is 7.89. The van der Waals surface area contributed by atoms with E-state index in [9.17, 15) is 8.42 Å². The van der Waals surface area contributed by atoms with E-state index < -0.39 is 10.0 Å². The molecule has 1 spiro atoms. The summed E-state index contributed by atoms with van der Waals surface area (Å²) in [5.41, 5.74) is 0.205. The number of rotatable bonds is 3. The molecule has 1 aliphatic heterocycles. The Labute approximate surface area is 107 Å². The molecule has 0 radical (unpaired) electrons. The van der Waals surface area contributed by atoms with Crippen molar-refractivity contribution in [2.24, 2.45) is 12.5 Å². The summed E-state index contributed by atoms with van der Waals surface area (Å²) in [4.78, 5) is 0. The van der Waals surface area contributed by atoms with Crippen molar-refractivity contribution in [3.05, 3.63) is 12.3 Å². The van der Waals surface area contributed by atoms with Crippen molar-refractivity contribution in [2.75, 3.05) is 13.1 Å². The van der Waals surface area contributed by atoms with Crippen molar-refractivity contribution in [3.63, 3.8) is 0 Å². The molecule has 2 heterocycles. The van der Waals surface area contributed by atoms with E-state index in [4.69, 9.17) is 0 Å². The van der Waals surface area contributed by atoms with Gasteiger partial charge >= 0.3 is 0 Å². The van der Waals surface area contributed by atoms with Gasteiger partial charge in [-0.2, -0.15) is 5.10 Å². The zero-order valence-corrected chi connectivity index (χ0v) is 11.2. The van der Waals surface area contributed by atoms with Gasteiger partial charge in [0.2, 0.25) is 0 Å². The molecule has 1 aromatic heterocycles. The van der Waals surface area contributed by atoms with Crippen LogP contribution in [0.4, 0.5) is 0 Å². The van der Waals surface area contributed by atoms with Gasteiger partial charge in [0.05, 0.1) is 6.20 Å². The largest absolute Gasteiger partial charge is 0.317 e. The Hall–Kier alpha value is -0.920. The van der Waals surface area contributed by atoms with Gasteiger partial charge in [0.25, 0.3) is 10.0 Å². The lowest BCUT2D eigenvalue weighted by Gasteiger charge is -2.23. The Bertz CT molecular complexity index is 545. The molecule has 2 N–H and O–H groups in total.